The SMILES string of the molecule is Nc1cc(-c2cnn3ccccc23)n[nH]1. The summed E-state index contributed by atoms with van der Waals surface area (Å²) in [5.41, 5.74) is 8.39. The number of pyridine rings is 1. The van der Waals surface area contributed by atoms with Crippen LogP contribution in [0.3, 0.4) is 0 Å². The van der Waals surface area contributed by atoms with Gasteiger partial charge in [-0.3, -0.25) is 5.10 Å². The molecule has 3 N–H and O–H groups in total. The molecule has 0 amide bonds. The van der Waals surface area contributed by atoms with E-state index in [-0.39, 0.29) is 0 Å². The largest absolute Gasteiger partial charge is 0.384 e. The average Bonchev–Trinajstić information content (AvgIpc) is 2.83. The first-order chi connectivity index (χ1) is 7.34. The van der Waals surface area contributed by atoms with E-state index in [0.717, 1.165) is 16.8 Å². The molecule has 3 aromatic heterocycles. The van der Waals surface area contributed by atoms with Gasteiger partial charge in [0.1, 0.15) is 5.82 Å². The minimum Gasteiger partial charge on any atom is -0.384 e. The number of anilines is 1. The number of H-pyrrole nitrogens is 1. The van der Waals surface area contributed by atoms with Crippen LogP contribution < -0.4 is 5.73 Å². The highest BCUT2D eigenvalue weighted by molar-refractivity contribution is 5.78. The molecule has 0 aliphatic heterocycles. The van der Waals surface area contributed by atoms with E-state index in [0.29, 0.717) is 5.82 Å². The van der Waals surface area contributed by atoms with Crippen LogP contribution in [0.4, 0.5) is 5.82 Å². The first kappa shape index (κ1) is 8.05. The Hall–Kier alpha value is -2.30. The normalized spacial score (nSPS) is 10.9. The van der Waals surface area contributed by atoms with Crippen LogP contribution in [-0.4, -0.2) is 19.8 Å². The lowest BCUT2D eigenvalue weighted by Gasteiger charge is -1.93. The average molecular weight is 199 g/mol. The molecule has 0 spiro atoms. The maximum atomic E-state index is 5.58. The zero-order chi connectivity index (χ0) is 10.3. The first-order valence-corrected chi connectivity index (χ1v) is 4.58. The highest BCUT2D eigenvalue weighted by Crippen LogP contribution is 2.23. The molecule has 0 bridgehead atoms. The summed E-state index contributed by atoms with van der Waals surface area (Å²) in [5, 5.41) is 11.0. The van der Waals surface area contributed by atoms with Crippen LogP contribution in [0, 0.1) is 0 Å². The third-order valence-corrected chi connectivity index (χ3v) is 2.30. The number of nitrogens with zero attached hydrogens (tertiary/aromatic N) is 3. The van der Waals surface area contributed by atoms with Crippen molar-refractivity contribution in [3.05, 3.63) is 36.7 Å². The molecule has 5 heteroatoms. The minimum absolute atomic E-state index is 0.556. The topological polar surface area (TPSA) is 72.0 Å². The van der Waals surface area contributed by atoms with Crippen molar-refractivity contribution in [3.63, 3.8) is 0 Å². The summed E-state index contributed by atoms with van der Waals surface area (Å²) < 4.78 is 1.81. The molecular formula is C10H9N5. The van der Waals surface area contributed by atoms with Gasteiger partial charge in [-0.25, -0.2) is 4.52 Å². The Morgan fingerprint density at radius 2 is 2.27 bits per heavy atom. The van der Waals surface area contributed by atoms with Crippen molar-refractivity contribution in [2.24, 2.45) is 0 Å². The molecule has 5 nitrogen and oxygen atoms in total. The highest BCUT2D eigenvalue weighted by atomic mass is 15.2. The van der Waals surface area contributed by atoms with E-state index in [9.17, 15) is 0 Å². The van der Waals surface area contributed by atoms with Crippen LogP contribution in [-0.2, 0) is 0 Å². The molecule has 15 heavy (non-hydrogen) atoms. The fourth-order valence-electron chi connectivity index (χ4n) is 1.61. The number of aromatic nitrogens is 4. The highest BCUT2D eigenvalue weighted by Gasteiger charge is 2.08. The van der Waals surface area contributed by atoms with Crippen molar-refractivity contribution in [2.45, 2.75) is 0 Å². The summed E-state index contributed by atoms with van der Waals surface area (Å²) in [6.07, 6.45) is 3.68. The Morgan fingerprint density at radius 3 is 3.07 bits per heavy atom. The number of nitrogen functional groups attached to an aromatic ring is 1. The summed E-state index contributed by atoms with van der Waals surface area (Å²) in [4.78, 5) is 0. The smallest absolute Gasteiger partial charge is 0.119 e. The predicted molar refractivity (Wildman–Crippen MR) is 57.2 cm³/mol. The molecule has 0 aromatic carbocycles. The number of aromatic amines is 1. The quantitative estimate of drug-likeness (QED) is 0.620. The molecule has 0 aliphatic rings. The molecule has 3 heterocycles. The van der Waals surface area contributed by atoms with E-state index in [4.69, 9.17) is 5.73 Å². The number of fused-ring (bicyclic) bond motifs is 1. The van der Waals surface area contributed by atoms with E-state index in [1.165, 1.54) is 0 Å². The summed E-state index contributed by atoms with van der Waals surface area (Å²) in [7, 11) is 0. The van der Waals surface area contributed by atoms with Gasteiger partial charge in [0.2, 0.25) is 0 Å². The van der Waals surface area contributed by atoms with Crippen LogP contribution in [0.15, 0.2) is 36.7 Å². The second-order valence-electron chi connectivity index (χ2n) is 3.30. The lowest BCUT2D eigenvalue weighted by atomic mass is 10.2. The standard InChI is InChI=1S/C10H9N5/c11-10-5-8(13-14-10)7-6-12-15-4-2-1-3-9(7)15/h1-6H,(H3,11,13,14). The molecule has 0 aliphatic carbocycles. The third kappa shape index (κ3) is 1.17. The maximum Gasteiger partial charge on any atom is 0.119 e. The minimum atomic E-state index is 0.556. The van der Waals surface area contributed by atoms with Gasteiger partial charge in [0.05, 0.1) is 17.4 Å². The third-order valence-electron chi connectivity index (χ3n) is 2.30. The van der Waals surface area contributed by atoms with Crippen molar-refractivity contribution in [1.82, 2.24) is 19.8 Å². The lowest BCUT2D eigenvalue weighted by Crippen LogP contribution is -1.83. The van der Waals surface area contributed by atoms with E-state index in [1.807, 2.05) is 24.4 Å². The van der Waals surface area contributed by atoms with Crippen molar-refractivity contribution in [1.29, 1.82) is 0 Å². The second kappa shape index (κ2) is 2.84. The Labute approximate surface area is 85.5 Å². The van der Waals surface area contributed by atoms with Crippen LogP contribution in [0.2, 0.25) is 0 Å². The lowest BCUT2D eigenvalue weighted by molar-refractivity contribution is 0.961. The Kier molecular flexibility index (Phi) is 1.53. The maximum absolute atomic E-state index is 5.58. The monoisotopic (exact) mass is 199 g/mol. The van der Waals surface area contributed by atoms with Crippen molar-refractivity contribution in [2.75, 3.05) is 5.73 Å². The second-order valence-corrected chi connectivity index (χ2v) is 3.30. The predicted octanol–water partition coefficient (Wildman–Crippen LogP) is 1.31. The molecule has 0 unspecified atom stereocenters. The van der Waals surface area contributed by atoms with Crippen LogP contribution in [0.25, 0.3) is 16.8 Å². The fraction of sp³-hybridized carbons (Fsp3) is 0. The fourth-order valence-corrected chi connectivity index (χ4v) is 1.61. The van der Waals surface area contributed by atoms with E-state index in [2.05, 4.69) is 15.3 Å². The van der Waals surface area contributed by atoms with Gasteiger partial charge in [0.15, 0.2) is 0 Å². The van der Waals surface area contributed by atoms with Crippen molar-refractivity contribution < 1.29 is 0 Å². The Morgan fingerprint density at radius 1 is 1.33 bits per heavy atom. The van der Waals surface area contributed by atoms with Gasteiger partial charge < -0.3 is 5.73 Å². The van der Waals surface area contributed by atoms with Gasteiger partial charge in [-0.1, -0.05) is 6.07 Å². The van der Waals surface area contributed by atoms with Crippen molar-refractivity contribution >= 4 is 11.3 Å². The first-order valence-electron chi connectivity index (χ1n) is 4.58. The van der Waals surface area contributed by atoms with Gasteiger partial charge in [0, 0.05) is 17.8 Å². The number of hydrogen-bond donors (Lipinski definition) is 2. The number of nitrogens with two attached hydrogens (primary N) is 1. The van der Waals surface area contributed by atoms with E-state index < -0.39 is 0 Å². The molecule has 3 rings (SSSR count). The molecular weight excluding hydrogens is 190 g/mol. The molecule has 0 radical (unpaired) electrons. The summed E-state index contributed by atoms with van der Waals surface area (Å²) >= 11 is 0. The molecule has 3 aromatic rings. The zero-order valence-electron chi connectivity index (χ0n) is 7.88. The molecule has 0 fully saturated rings. The van der Waals surface area contributed by atoms with Gasteiger partial charge >= 0.3 is 0 Å². The summed E-state index contributed by atoms with van der Waals surface area (Å²) in [5.74, 6) is 0.556. The van der Waals surface area contributed by atoms with Gasteiger partial charge in [-0.15, -0.1) is 0 Å². The van der Waals surface area contributed by atoms with Gasteiger partial charge in [0.25, 0.3) is 0 Å². The Balaban J connectivity index is 2.27. The van der Waals surface area contributed by atoms with E-state index in [1.54, 1.807) is 16.8 Å². The summed E-state index contributed by atoms with van der Waals surface area (Å²) in [6.45, 7) is 0. The van der Waals surface area contributed by atoms with Gasteiger partial charge in [-0.2, -0.15) is 10.2 Å². The molecule has 0 saturated heterocycles. The summed E-state index contributed by atoms with van der Waals surface area (Å²) in [6, 6.07) is 7.69. The Bertz CT molecular complexity index is 607. The van der Waals surface area contributed by atoms with Crippen LogP contribution in [0.5, 0.6) is 0 Å². The van der Waals surface area contributed by atoms with E-state index >= 15 is 0 Å². The number of hydrogen-bond acceptors (Lipinski definition) is 3. The van der Waals surface area contributed by atoms with Gasteiger partial charge in [-0.05, 0) is 12.1 Å². The van der Waals surface area contributed by atoms with Crippen molar-refractivity contribution in [3.8, 4) is 11.3 Å². The molecule has 74 valence electrons. The number of rotatable bonds is 1. The van der Waals surface area contributed by atoms with Crippen LogP contribution in [0.1, 0.15) is 0 Å². The number of nitrogens with one attached hydrogen (secondary N) is 1. The molecule has 0 saturated carbocycles. The molecule has 0 atom stereocenters. The zero-order valence-corrected chi connectivity index (χ0v) is 7.88. The van der Waals surface area contributed by atoms with Crippen LogP contribution >= 0.6 is 0 Å².